The highest BCUT2D eigenvalue weighted by atomic mass is 16.2. The molecule has 3 fully saturated rings. The number of rotatable bonds is 4. The summed E-state index contributed by atoms with van der Waals surface area (Å²) in [4.78, 5) is 27.2. The fraction of sp³-hybridized carbons (Fsp3) is 0.360. The van der Waals surface area contributed by atoms with Crippen LogP contribution in [0.25, 0.3) is 0 Å². The van der Waals surface area contributed by atoms with E-state index in [1.54, 1.807) is 0 Å². The van der Waals surface area contributed by atoms with E-state index in [2.05, 4.69) is 28.8 Å². The number of nitrogens with one attached hydrogen (secondary N) is 2. The van der Waals surface area contributed by atoms with E-state index in [1.165, 1.54) is 11.1 Å². The van der Waals surface area contributed by atoms with Crippen LogP contribution in [0, 0.1) is 0 Å². The maximum atomic E-state index is 12.8. The molecule has 6 rings (SSSR count). The van der Waals surface area contributed by atoms with Gasteiger partial charge in [0.1, 0.15) is 0 Å². The molecule has 0 spiro atoms. The van der Waals surface area contributed by atoms with Gasteiger partial charge >= 0.3 is 6.03 Å². The van der Waals surface area contributed by atoms with Crippen molar-refractivity contribution in [1.82, 2.24) is 15.5 Å². The number of allylic oxidation sites excluding steroid dienone is 7. The summed E-state index contributed by atoms with van der Waals surface area (Å²) in [6.45, 7) is 1.43. The molecule has 1 aromatic rings. The average Bonchev–Trinajstić information content (AvgIpc) is 2.67. The summed E-state index contributed by atoms with van der Waals surface area (Å²) in [6.07, 6.45) is 17.5. The molecule has 1 aromatic carbocycles. The van der Waals surface area contributed by atoms with Crippen molar-refractivity contribution >= 4 is 11.9 Å². The van der Waals surface area contributed by atoms with Gasteiger partial charge in [0.05, 0.1) is 6.42 Å². The van der Waals surface area contributed by atoms with E-state index in [1.807, 2.05) is 53.5 Å². The van der Waals surface area contributed by atoms with Crippen LogP contribution < -0.4 is 10.6 Å². The molecule has 0 unspecified atom stereocenters. The van der Waals surface area contributed by atoms with E-state index in [4.69, 9.17) is 0 Å². The molecule has 0 aromatic heterocycles. The summed E-state index contributed by atoms with van der Waals surface area (Å²) in [5.41, 5.74) is 3.32. The van der Waals surface area contributed by atoms with Gasteiger partial charge in [-0.2, -0.15) is 0 Å². The normalized spacial score (nSPS) is 30.4. The molecule has 2 bridgehead atoms. The van der Waals surface area contributed by atoms with Crippen molar-refractivity contribution in [3.63, 3.8) is 0 Å². The van der Waals surface area contributed by atoms with Crippen molar-refractivity contribution in [2.24, 2.45) is 0 Å². The van der Waals surface area contributed by atoms with E-state index in [0.29, 0.717) is 13.0 Å². The Balaban J connectivity index is 1.11. The predicted molar refractivity (Wildman–Crippen MR) is 117 cm³/mol. The quantitative estimate of drug-likeness (QED) is 0.811. The van der Waals surface area contributed by atoms with Gasteiger partial charge < -0.3 is 15.5 Å². The molecule has 154 valence electrons. The van der Waals surface area contributed by atoms with Crippen LogP contribution in [0.2, 0.25) is 0 Å². The lowest BCUT2D eigenvalue weighted by Gasteiger charge is -2.70. The van der Waals surface area contributed by atoms with Crippen molar-refractivity contribution in [3.8, 4) is 0 Å². The van der Waals surface area contributed by atoms with Gasteiger partial charge in [0.15, 0.2) is 0 Å². The second kappa shape index (κ2) is 7.31. The van der Waals surface area contributed by atoms with E-state index in [0.717, 1.165) is 37.8 Å². The molecule has 5 nitrogen and oxygen atoms in total. The van der Waals surface area contributed by atoms with Gasteiger partial charge in [0.2, 0.25) is 5.91 Å². The first-order valence-electron chi connectivity index (χ1n) is 10.7. The Morgan fingerprint density at radius 1 is 0.900 bits per heavy atom. The van der Waals surface area contributed by atoms with E-state index in [-0.39, 0.29) is 23.0 Å². The number of hydrogen-bond acceptors (Lipinski definition) is 2. The molecule has 0 atom stereocenters. The van der Waals surface area contributed by atoms with Crippen molar-refractivity contribution in [3.05, 3.63) is 83.5 Å². The third-order valence-corrected chi connectivity index (χ3v) is 6.65. The number of fused-ring (bicyclic) bond motifs is 1. The number of carbonyl (C=O) groups excluding carboxylic acids is 2. The average molecular weight is 402 g/mol. The first-order chi connectivity index (χ1) is 14.5. The summed E-state index contributed by atoms with van der Waals surface area (Å²) in [5.74, 6) is 0.0520. The Labute approximate surface area is 177 Å². The number of nitrogens with zero attached hydrogens (tertiary/aromatic N) is 1. The van der Waals surface area contributed by atoms with Crippen molar-refractivity contribution in [2.45, 2.75) is 49.7 Å². The van der Waals surface area contributed by atoms with Crippen molar-refractivity contribution in [2.75, 3.05) is 6.54 Å². The monoisotopic (exact) mass is 401 g/mol. The Kier molecular flexibility index (Phi) is 4.61. The minimum atomic E-state index is -0.131. The molecular formula is C25H27N3O2. The Bertz CT molecular complexity index is 982. The van der Waals surface area contributed by atoms with Gasteiger partial charge in [-0.25, -0.2) is 4.79 Å². The number of benzene rings is 1. The van der Waals surface area contributed by atoms with Crippen LogP contribution in [0.4, 0.5) is 4.79 Å². The Morgan fingerprint density at radius 3 is 2.43 bits per heavy atom. The molecule has 30 heavy (non-hydrogen) atoms. The van der Waals surface area contributed by atoms with Crippen LogP contribution in [-0.2, 0) is 17.8 Å². The lowest BCUT2D eigenvalue weighted by atomic mass is 9.44. The SMILES string of the molecule is O=C(CC1=C/C=C\C=C/C=C1)NC12CC(NC(=O)N3CCc4ccccc4C3)(C1)C2. The molecule has 4 aliphatic carbocycles. The van der Waals surface area contributed by atoms with Crippen LogP contribution >= 0.6 is 0 Å². The molecule has 3 amide bonds. The minimum Gasteiger partial charge on any atom is -0.350 e. The number of carbonyl (C=O) groups is 2. The van der Waals surface area contributed by atoms with Crippen LogP contribution in [0.15, 0.2) is 72.4 Å². The Hall–Kier alpha value is -3.08. The molecule has 3 saturated carbocycles. The summed E-state index contributed by atoms with van der Waals surface area (Å²) in [5, 5.41) is 6.46. The van der Waals surface area contributed by atoms with Crippen LogP contribution in [0.3, 0.4) is 0 Å². The standard InChI is InChI=1S/C25H27N3O2/c29-22(14-19-8-4-2-1-3-5-9-19)26-24-16-25(17-24,18-24)27-23(30)28-13-12-20-10-6-7-11-21(20)15-28/h1-11H,12-18H2,(H,26,29)(H,27,30)/b2-1-,3-1?,4-2?,5-3-,8-4?,9-5?,19-8?,19-9?. The molecular weight excluding hydrogens is 374 g/mol. The van der Waals surface area contributed by atoms with Crippen molar-refractivity contribution < 1.29 is 9.59 Å². The highest BCUT2D eigenvalue weighted by Gasteiger charge is 2.69. The lowest BCUT2D eigenvalue weighted by Crippen LogP contribution is -2.84. The number of hydrogen-bond donors (Lipinski definition) is 2. The van der Waals surface area contributed by atoms with Crippen LogP contribution in [-0.4, -0.2) is 34.5 Å². The summed E-state index contributed by atoms with van der Waals surface area (Å²) >= 11 is 0. The van der Waals surface area contributed by atoms with E-state index < -0.39 is 0 Å². The third kappa shape index (κ3) is 3.60. The molecule has 2 N–H and O–H groups in total. The third-order valence-electron chi connectivity index (χ3n) is 6.65. The maximum Gasteiger partial charge on any atom is 0.318 e. The second-order valence-corrected chi connectivity index (χ2v) is 9.06. The molecule has 0 saturated heterocycles. The van der Waals surface area contributed by atoms with Crippen molar-refractivity contribution in [1.29, 1.82) is 0 Å². The zero-order valence-electron chi connectivity index (χ0n) is 17.1. The summed E-state index contributed by atoms with van der Waals surface area (Å²) in [7, 11) is 0. The molecule has 1 aliphatic heterocycles. The van der Waals surface area contributed by atoms with Gasteiger partial charge in [0, 0.05) is 24.2 Å². The second-order valence-electron chi connectivity index (χ2n) is 9.06. The smallest absolute Gasteiger partial charge is 0.318 e. The summed E-state index contributed by atoms with van der Waals surface area (Å²) < 4.78 is 0. The van der Waals surface area contributed by atoms with Gasteiger partial charge in [-0.15, -0.1) is 0 Å². The van der Waals surface area contributed by atoms with Crippen LogP contribution in [0.1, 0.15) is 36.8 Å². The zero-order valence-corrected chi connectivity index (χ0v) is 17.1. The van der Waals surface area contributed by atoms with Crippen LogP contribution in [0.5, 0.6) is 0 Å². The zero-order chi connectivity index (χ0) is 20.6. The fourth-order valence-electron chi connectivity index (χ4n) is 5.28. The van der Waals surface area contributed by atoms with Gasteiger partial charge in [-0.05, 0) is 42.4 Å². The van der Waals surface area contributed by atoms with Gasteiger partial charge in [0.25, 0.3) is 0 Å². The fourth-order valence-corrected chi connectivity index (χ4v) is 5.28. The Morgan fingerprint density at radius 2 is 1.60 bits per heavy atom. The van der Waals surface area contributed by atoms with E-state index >= 15 is 0 Å². The highest BCUT2D eigenvalue weighted by Crippen LogP contribution is 2.60. The molecule has 5 aliphatic rings. The largest absolute Gasteiger partial charge is 0.350 e. The number of urea groups is 1. The lowest BCUT2D eigenvalue weighted by molar-refractivity contribution is -0.139. The topological polar surface area (TPSA) is 61.4 Å². The van der Waals surface area contributed by atoms with Gasteiger partial charge in [-0.1, -0.05) is 66.8 Å². The first kappa shape index (κ1) is 18.9. The molecule has 1 heterocycles. The van der Waals surface area contributed by atoms with E-state index in [9.17, 15) is 9.59 Å². The molecule has 5 heteroatoms. The minimum absolute atomic E-state index is 0.0220. The first-order valence-corrected chi connectivity index (χ1v) is 10.7. The number of amides is 3. The molecule has 0 radical (unpaired) electrons. The maximum absolute atomic E-state index is 12.8. The summed E-state index contributed by atoms with van der Waals surface area (Å²) in [6, 6.07) is 8.36. The van der Waals surface area contributed by atoms with Gasteiger partial charge in [-0.3, -0.25) is 4.79 Å². The highest BCUT2D eigenvalue weighted by molar-refractivity contribution is 5.82. The predicted octanol–water partition coefficient (Wildman–Crippen LogP) is 3.54.